The Morgan fingerprint density at radius 1 is 1.00 bits per heavy atom. The number of rotatable bonds is 5. The Bertz CT molecular complexity index is 916. The van der Waals surface area contributed by atoms with Crippen LogP contribution in [0.5, 0.6) is 0 Å². The van der Waals surface area contributed by atoms with Crippen molar-refractivity contribution in [2.45, 2.75) is 19.0 Å². The number of nitrogens with zero attached hydrogens (tertiary/aromatic N) is 2. The van der Waals surface area contributed by atoms with Gasteiger partial charge in [0.1, 0.15) is 0 Å². The number of fused-ring (bicyclic) bond motifs is 1. The molecule has 0 bridgehead atoms. The number of amides is 1. The number of carbonyl (C=O) groups is 1. The first-order valence-electron chi connectivity index (χ1n) is 9.47. The van der Waals surface area contributed by atoms with E-state index in [0.29, 0.717) is 12.1 Å². The van der Waals surface area contributed by atoms with Gasteiger partial charge in [-0.2, -0.15) is 0 Å². The maximum atomic E-state index is 12.5. The molecule has 0 saturated carbocycles. The number of hydrogen-bond donors (Lipinski definition) is 1. The number of nitrogens with one attached hydrogen (secondary N) is 1. The van der Waals surface area contributed by atoms with E-state index in [-0.39, 0.29) is 11.9 Å². The molecule has 1 amide bonds. The molecule has 4 nitrogen and oxygen atoms in total. The zero-order valence-corrected chi connectivity index (χ0v) is 15.6. The molecule has 4 rings (SSSR count). The molecule has 0 aliphatic carbocycles. The highest BCUT2D eigenvalue weighted by atomic mass is 16.1. The highest BCUT2D eigenvalue weighted by Crippen LogP contribution is 2.27. The molecule has 2 heterocycles. The van der Waals surface area contributed by atoms with E-state index in [1.807, 2.05) is 30.3 Å². The van der Waals surface area contributed by atoms with Gasteiger partial charge in [-0.15, -0.1) is 0 Å². The average Bonchev–Trinajstić information content (AvgIpc) is 3.14. The van der Waals surface area contributed by atoms with Crippen molar-refractivity contribution < 1.29 is 4.79 Å². The molecule has 1 aromatic heterocycles. The number of aromatic nitrogens is 1. The zero-order chi connectivity index (χ0) is 18.6. The quantitative estimate of drug-likeness (QED) is 0.756. The second-order valence-corrected chi connectivity index (χ2v) is 7.12. The second kappa shape index (κ2) is 7.80. The molecule has 1 aliphatic heterocycles. The first kappa shape index (κ1) is 17.6. The Hall–Kier alpha value is -2.85. The molecule has 0 unspecified atom stereocenters. The van der Waals surface area contributed by atoms with Gasteiger partial charge in [-0.3, -0.25) is 9.69 Å². The largest absolute Gasteiger partial charge is 0.353 e. The number of benzene rings is 2. The molecule has 0 saturated heterocycles. The van der Waals surface area contributed by atoms with Crippen LogP contribution in [0.3, 0.4) is 0 Å². The summed E-state index contributed by atoms with van der Waals surface area (Å²) in [6, 6.07) is 22.4. The molecule has 4 heteroatoms. The third kappa shape index (κ3) is 3.81. The predicted molar refractivity (Wildman–Crippen MR) is 107 cm³/mol. The lowest BCUT2D eigenvalue weighted by molar-refractivity contribution is 0.0925. The molecule has 1 atom stereocenters. The van der Waals surface area contributed by atoms with E-state index in [1.165, 1.54) is 16.8 Å². The second-order valence-electron chi connectivity index (χ2n) is 7.12. The summed E-state index contributed by atoms with van der Waals surface area (Å²) < 4.78 is 2.15. The Balaban J connectivity index is 1.54. The van der Waals surface area contributed by atoms with E-state index < -0.39 is 0 Å². The minimum Gasteiger partial charge on any atom is -0.353 e. The minimum atomic E-state index is -0.0211. The van der Waals surface area contributed by atoms with Crippen molar-refractivity contribution in [1.82, 2.24) is 14.8 Å². The predicted octanol–water partition coefficient (Wildman–Crippen LogP) is 3.55. The number of carbonyl (C=O) groups excluding carboxylic acids is 1. The van der Waals surface area contributed by atoms with Gasteiger partial charge >= 0.3 is 0 Å². The summed E-state index contributed by atoms with van der Waals surface area (Å²) in [6.07, 6.45) is 3.11. The van der Waals surface area contributed by atoms with Crippen LogP contribution >= 0.6 is 0 Å². The number of hydrogen-bond acceptors (Lipinski definition) is 2. The van der Waals surface area contributed by atoms with Gasteiger partial charge in [-0.1, -0.05) is 42.5 Å². The summed E-state index contributed by atoms with van der Waals surface area (Å²) in [7, 11) is 2.07. The van der Waals surface area contributed by atoms with Gasteiger partial charge in [-0.25, -0.2) is 0 Å². The van der Waals surface area contributed by atoms with Crippen LogP contribution < -0.4 is 5.32 Å². The maximum Gasteiger partial charge on any atom is 0.251 e. The van der Waals surface area contributed by atoms with Gasteiger partial charge in [0.25, 0.3) is 5.91 Å². The van der Waals surface area contributed by atoms with E-state index in [9.17, 15) is 4.79 Å². The molecule has 3 aromatic rings. The van der Waals surface area contributed by atoms with Crippen molar-refractivity contribution in [1.29, 1.82) is 0 Å². The number of aryl methyl sites for hydroxylation is 1. The summed E-state index contributed by atoms with van der Waals surface area (Å²) in [5.41, 5.74) is 4.75. The molecule has 27 heavy (non-hydrogen) atoms. The summed E-state index contributed by atoms with van der Waals surface area (Å²) in [5.74, 6) is -0.0211. The van der Waals surface area contributed by atoms with Crippen molar-refractivity contribution in [2.24, 2.45) is 7.05 Å². The van der Waals surface area contributed by atoms with Crippen LogP contribution in [0.1, 0.15) is 33.2 Å². The van der Waals surface area contributed by atoms with Gasteiger partial charge in [0, 0.05) is 44.1 Å². The Labute approximate surface area is 160 Å². The van der Waals surface area contributed by atoms with Crippen molar-refractivity contribution in [3.63, 3.8) is 0 Å². The normalized spacial score (nSPS) is 15.1. The van der Waals surface area contributed by atoms with Crippen molar-refractivity contribution in [2.75, 3.05) is 13.1 Å². The molecule has 0 spiro atoms. The summed E-state index contributed by atoms with van der Waals surface area (Å²) in [6.45, 7) is 2.50. The van der Waals surface area contributed by atoms with Crippen LogP contribution in [-0.2, 0) is 20.0 Å². The Kier molecular flexibility index (Phi) is 5.07. The smallest absolute Gasteiger partial charge is 0.251 e. The standard InChI is InChI=1S/C23H25N3O/c1-25-14-7-12-21(25)22(16-24-23(27)19-9-3-2-4-10-19)26-15-13-18-8-5-6-11-20(18)17-26/h2-12,14,22H,13,15-17H2,1H3,(H,24,27)/t22-/m1/s1. The average molecular weight is 359 g/mol. The van der Waals surface area contributed by atoms with Crippen molar-refractivity contribution in [3.05, 3.63) is 95.3 Å². The van der Waals surface area contributed by atoms with Crippen molar-refractivity contribution in [3.8, 4) is 0 Å². The Morgan fingerprint density at radius 3 is 2.48 bits per heavy atom. The first-order chi connectivity index (χ1) is 13.2. The molecule has 1 aliphatic rings. The lowest BCUT2D eigenvalue weighted by atomic mass is 9.97. The highest BCUT2D eigenvalue weighted by molar-refractivity contribution is 5.94. The molecule has 2 aromatic carbocycles. The lowest BCUT2D eigenvalue weighted by Crippen LogP contribution is -2.41. The van der Waals surface area contributed by atoms with Crippen LogP contribution in [0.4, 0.5) is 0 Å². The van der Waals surface area contributed by atoms with E-state index in [2.05, 4.69) is 64.4 Å². The maximum absolute atomic E-state index is 12.5. The van der Waals surface area contributed by atoms with E-state index >= 15 is 0 Å². The topological polar surface area (TPSA) is 37.3 Å². The van der Waals surface area contributed by atoms with Crippen LogP contribution in [0, 0.1) is 0 Å². The summed E-state index contributed by atoms with van der Waals surface area (Å²) in [4.78, 5) is 15.0. The van der Waals surface area contributed by atoms with Gasteiger partial charge < -0.3 is 9.88 Å². The molecule has 0 fully saturated rings. The van der Waals surface area contributed by atoms with Gasteiger partial charge in [0.2, 0.25) is 0 Å². The monoisotopic (exact) mass is 359 g/mol. The zero-order valence-electron chi connectivity index (χ0n) is 15.6. The van der Waals surface area contributed by atoms with Crippen LogP contribution in [0.2, 0.25) is 0 Å². The van der Waals surface area contributed by atoms with E-state index in [1.54, 1.807) is 0 Å². The van der Waals surface area contributed by atoms with Crippen LogP contribution in [0.25, 0.3) is 0 Å². The van der Waals surface area contributed by atoms with Crippen LogP contribution in [-0.4, -0.2) is 28.5 Å². The third-order valence-corrected chi connectivity index (χ3v) is 5.42. The molecule has 0 radical (unpaired) electrons. The molecule has 138 valence electrons. The van der Waals surface area contributed by atoms with E-state index in [4.69, 9.17) is 0 Å². The fraction of sp³-hybridized carbons (Fsp3) is 0.261. The fourth-order valence-corrected chi connectivity index (χ4v) is 3.91. The first-order valence-corrected chi connectivity index (χ1v) is 9.47. The van der Waals surface area contributed by atoms with Crippen molar-refractivity contribution >= 4 is 5.91 Å². The SMILES string of the molecule is Cn1cccc1[C@@H](CNC(=O)c1ccccc1)N1CCc2ccccc2C1. The fourth-order valence-electron chi connectivity index (χ4n) is 3.91. The molecular formula is C23H25N3O. The van der Waals surface area contributed by atoms with Crippen LogP contribution in [0.15, 0.2) is 72.9 Å². The molecule has 1 N–H and O–H groups in total. The Morgan fingerprint density at radius 2 is 1.74 bits per heavy atom. The summed E-state index contributed by atoms with van der Waals surface area (Å²) >= 11 is 0. The third-order valence-electron chi connectivity index (χ3n) is 5.42. The molecular weight excluding hydrogens is 334 g/mol. The minimum absolute atomic E-state index is 0.0211. The summed E-state index contributed by atoms with van der Waals surface area (Å²) in [5, 5.41) is 3.14. The van der Waals surface area contributed by atoms with Gasteiger partial charge in [0.05, 0.1) is 6.04 Å². The van der Waals surface area contributed by atoms with Gasteiger partial charge in [-0.05, 0) is 41.8 Å². The van der Waals surface area contributed by atoms with Gasteiger partial charge in [0.15, 0.2) is 0 Å². The lowest BCUT2D eigenvalue weighted by Gasteiger charge is -2.36. The highest BCUT2D eigenvalue weighted by Gasteiger charge is 2.26. The van der Waals surface area contributed by atoms with E-state index in [0.717, 1.165) is 19.5 Å².